The van der Waals surface area contributed by atoms with E-state index in [1.54, 1.807) is 35.9 Å². The summed E-state index contributed by atoms with van der Waals surface area (Å²) in [4.78, 5) is 20.6. The number of aromatic nitrogens is 4. The molecule has 0 spiro atoms. The third-order valence-corrected chi connectivity index (χ3v) is 4.85. The number of hydrogen-bond donors (Lipinski definition) is 3. The van der Waals surface area contributed by atoms with Crippen LogP contribution in [-0.4, -0.2) is 30.8 Å². The Kier molecular flexibility index (Phi) is 5.37. The maximum atomic E-state index is 13.4. The van der Waals surface area contributed by atoms with Crippen molar-refractivity contribution in [3.63, 3.8) is 0 Å². The van der Waals surface area contributed by atoms with Gasteiger partial charge in [-0.3, -0.25) is 4.79 Å². The molecule has 2 aromatic heterocycles. The zero-order valence-electron chi connectivity index (χ0n) is 16.9. The van der Waals surface area contributed by atoms with E-state index < -0.39 is 23.6 Å². The number of carbonyl (C=O) groups is 1. The monoisotopic (exact) mass is 436 g/mol. The number of aliphatic hydroxyl groups excluding tert-OH is 1. The zero-order valence-corrected chi connectivity index (χ0v) is 16.9. The van der Waals surface area contributed by atoms with Gasteiger partial charge in [-0.15, -0.1) is 0 Å². The van der Waals surface area contributed by atoms with Crippen molar-refractivity contribution in [3.8, 4) is 5.69 Å². The number of anilines is 2. The Labute approximate surface area is 181 Å². The molecule has 10 heteroatoms. The molecule has 0 saturated carbocycles. The number of nitrogen functional groups attached to an aromatic ring is 1. The molecular weight excluding hydrogens is 418 g/mol. The smallest absolute Gasteiger partial charge is 0.257 e. The van der Waals surface area contributed by atoms with Crippen LogP contribution >= 0.6 is 0 Å². The number of aryl methyl sites for hydroxylation is 1. The lowest BCUT2D eigenvalue weighted by molar-refractivity contribution is -0.124. The number of aliphatic hydroxyl groups is 1. The molecule has 0 bridgehead atoms. The lowest BCUT2D eigenvalue weighted by Crippen LogP contribution is -2.21. The Morgan fingerprint density at radius 2 is 1.94 bits per heavy atom. The van der Waals surface area contributed by atoms with E-state index in [-0.39, 0.29) is 11.4 Å². The zero-order chi connectivity index (χ0) is 23.0. The van der Waals surface area contributed by atoms with E-state index >= 15 is 0 Å². The van der Waals surface area contributed by atoms with Crippen molar-refractivity contribution in [1.82, 2.24) is 19.7 Å². The third kappa shape index (κ3) is 3.79. The fourth-order valence-corrected chi connectivity index (χ4v) is 3.37. The topological polar surface area (TPSA) is 119 Å². The summed E-state index contributed by atoms with van der Waals surface area (Å²) in [6.07, 6.45) is 1.16. The summed E-state index contributed by atoms with van der Waals surface area (Å²) in [5.74, 6) is -2.36. The molecule has 2 aromatic carbocycles. The SMILES string of the molecule is C=Cc1nn(-c2ccc(NC(=O)C(O)c3cc(F)cc(F)c3)cc2C)c2c(N)ncnc12. The highest BCUT2D eigenvalue weighted by Crippen LogP contribution is 2.28. The van der Waals surface area contributed by atoms with Crippen LogP contribution in [0.3, 0.4) is 0 Å². The number of nitrogens with zero attached hydrogens (tertiary/aromatic N) is 4. The molecule has 1 atom stereocenters. The summed E-state index contributed by atoms with van der Waals surface area (Å²) in [6, 6.07) is 7.41. The van der Waals surface area contributed by atoms with E-state index in [0.29, 0.717) is 34.2 Å². The number of hydrogen-bond acceptors (Lipinski definition) is 6. The van der Waals surface area contributed by atoms with E-state index in [9.17, 15) is 18.7 Å². The van der Waals surface area contributed by atoms with Gasteiger partial charge in [0.15, 0.2) is 11.9 Å². The van der Waals surface area contributed by atoms with Crippen LogP contribution in [0.25, 0.3) is 22.8 Å². The van der Waals surface area contributed by atoms with Gasteiger partial charge in [0.25, 0.3) is 5.91 Å². The summed E-state index contributed by atoms with van der Waals surface area (Å²) < 4.78 is 28.4. The molecule has 4 rings (SSSR count). The molecule has 162 valence electrons. The predicted molar refractivity (Wildman–Crippen MR) is 116 cm³/mol. The average molecular weight is 436 g/mol. The van der Waals surface area contributed by atoms with E-state index in [2.05, 4.69) is 27.0 Å². The van der Waals surface area contributed by atoms with Crippen LogP contribution < -0.4 is 11.1 Å². The van der Waals surface area contributed by atoms with Crippen molar-refractivity contribution in [1.29, 1.82) is 0 Å². The molecule has 0 aliphatic rings. The molecule has 1 amide bonds. The largest absolute Gasteiger partial charge is 0.382 e. The minimum atomic E-state index is -1.75. The summed E-state index contributed by atoms with van der Waals surface area (Å²) in [5.41, 5.74) is 9.21. The van der Waals surface area contributed by atoms with Crippen molar-refractivity contribution in [2.75, 3.05) is 11.1 Å². The molecule has 0 saturated heterocycles. The number of nitrogens with two attached hydrogens (primary N) is 1. The molecule has 1 unspecified atom stereocenters. The Balaban J connectivity index is 1.64. The maximum absolute atomic E-state index is 13.4. The van der Waals surface area contributed by atoms with Gasteiger partial charge in [-0.2, -0.15) is 5.10 Å². The first-order valence-electron chi connectivity index (χ1n) is 9.46. The molecule has 8 nitrogen and oxygen atoms in total. The molecule has 0 fully saturated rings. The lowest BCUT2D eigenvalue weighted by atomic mass is 10.1. The first kappa shape index (κ1) is 21.1. The first-order chi connectivity index (χ1) is 15.3. The highest BCUT2D eigenvalue weighted by molar-refractivity contribution is 5.95. The highest BCUT2D eigenvalue weighted by Gasteiger charge is 2.20. The van der Waals surface area contributed by atoms with Crippen LogP contribution in [0.2, 0.25) is 0 Å². The van der Waals surface area contributed by atoms with Crippen LogP contribution in [0.1, 0.15) is 22.9 Å². The summed E-state index contributed by atoms with van der Waals surface area (Å²) in [7, 11) is 0. The van der Waals surface area contributed by atoms with E-state index in [4.69, 9.17) is 5.73 Å². The van der Waals surface area contributed by atoms with Gasteiger partial charge in [0.2, 0.25) is 0 Å². The molecule has 32 heavy (non-hydrogen) atoms. The van der Waals surface area contributed by atoms with Crippen molar-refractivity contribution < 1.29 is 18.7 Å². The molecule has 2 heterocycles. The highest BCUT2D eigenvalue weighted by atomic mass is 19.1. The number of halogens is 2. The van der Waals surface area contributed by atoms with Gasteiger partial charge in [-0.05, 0) is 54.5 Å². The Bertz CT molecular complexity index is 1350. The number of benzene rings is 2. The number of amides is 1. The van der Waals surface area contributed by atoms with Crippen LogP contribution in [0.15, 0.2) is 49.3 Å². The average Bonchev–Trinajstić information content (AvgIpc) is 3.12. The Morgan fingerprint density at radius 1 is 1.22 bits per heavy atom. The predicted octanol–water partition coefficient (Wildman–Crippen LogP) is 3.30. The molecular formula is C22H18F2N6O2. The van der Waals surface area contributed by atoms with Gasteiger partial charge >= 0.3 is 0 Å². The van der Waals surface area contributed by atoms with E-state index in [1.807, 2.05) is 0 Å². The van der Waals surface area contributed by atoms with Crippen molar-refractivity contribution >= 4 is 34.5 Å². The van der Waals surface area contributed by atoms with Crippen LogP contribution in [0.5, 0.6) is 0 Å². The van der Waals surface area contributed by atoms with Crippen LogP contribution in [-0.2, 0) is 4.79 Å². The third-order valence-electron chi connectivity index (χ3n) is 4.85. The fourth-order valence-electron chi connectivity index (χ4n) is 3.37. The molecule has 0 aliphatic carbocycles. The molecule has 0 aliphatic heterocycles. The quantitative estimate of drug-likeness (QED) is 0.442. The Morgan fingerprint density at radius 3 is 2.59 bits per heavy atom. The van der Waals surface area contributed by atoms with E-state index in [0.717, 1.165) is 17.7 Å². The van der Waals surface area contributed by atoms with Gasteiger partial charge in [-0.1, -0.05) is 6.58 Å². The van der Waals surface area contributed by atoms with Crippen molar-refractivity contribution in [2.45, 2.75) is 13.0 Å². The minimum Gasteiger partial charge on any atom is -0.382 e. The summed E-state index contributed by atoms with van der Waals surface area (Å²) in [6.45, 7) is 5.54. The van der Waals surface area contributed by atoms with Crippen molar-refractivity contribution in [3.05, 3.63) is 77.8 Å². The standard InChI is InChI=1S/C22H18F2N6O2/c1-3-16-18-19(21(25)27-10-26-18)30(29-16)17-5-4-15(6-11(17)2)28-22(32)20(31)12-7-13(23)9-14(24)8-12/h3-10,20,31H,1H2,2H3,(H,28,32)(H2,25,26,27). The van der Waals surface area contributed by atoms with Crippen molar-refractivity contribution in [2.24, 2.45) is 0 Å². The second-order valence-electron chi connectivity index (χ2n) is 7.05. The maximum Gasteiger partial charge on any atom is 0.257 e. The lowest BCUT2D eigenvalue weighted by Gasteiger charge is -2.14. The number of nitrogens with one attached hydrogen (secondary N) is 1. The Hall–Kier alpha value is -4.18. The number of carbonyl (C=O) groups excluding carboxylic acids is 1. The van der Waals surface area contributed by atoms with Gasteiger partial charge < -0.3 is 16.2 Å². The van der Waals surface area contributed by atoms with E-state index in [1.165, 1.54) is 6.33 Å². The second-order valence-corrected chi connectivity index (χ2v) is 7.05. The summed E-state index contributed by atoms with van der Waals surface area (Å²) >= 11 is 0. The second kappa shape index (κ2) is 8.16. The molecule has 4 aromatic rings. The number of rotatable bonds is 5. The first-order valence-corrected chi connectivity index (χ1v) is 9.46. The number of fused-ring (bicyclic) bond motifs is 1. The van der Waals surface area contributed by atoms with Gasteiger partial charge in [-0.25, -0.2) is 23.4 Å². The van der Waals surface area contributed by atoms with Gasteiger partial charge in [0.05, 0.1) is 5.69 Å². The van der Waals surface area contributed by atoms with Crippen LogP contribution in [0, 0.1) is 18.6 Å². The molecule has 4 N–H and O–H groups in total. The minimum absolute atomic E-state index is 0.191. The fraction of sp³-hybridized carbons (Fsp3) is 0.0909. The summed E-state index contributed by atoms with van der Waals surface area (Å²) in [5, 5.41) is 17.2. The van der Waals surface area contributed by atoms with Gasteiger partial charge in [0.1, 0.15) is 34.7 Å². The normalized spacial score (nSPS) is 12.0. The van der Waals surface area contributed by atoms with Gasteiger partial charge in [0, 0.05) is 11.8 Å². The molecule has 0 radical (unpaired) electrons. The van der Waals surface area contributed by atoms with Crippen LogP contribution in [0.4, 0.5) is 20.3 Å².